The van der Waals surface area contributed by atoms with Crippen LogP contribution in [0.15, 0.2) is 29.2 Å². The fourth-order valence-electron chi connectivity index (χ4n) is 2.26. The van der Waals surface area contributed by atoms with Gasteiger partial charge in [0.25, 0.3) is 10.1 Å². The molecule has 5 nitrogen and oxygen atoms in total. The van der Waals surface area contributed by atoms with Crippen LogP contribution < -0.4 is 0 Å². The molecule has 0 bridgehead atoms. The summed E-state index contributed by atoms with van der Waals surface area (Å²) < 4.78 is 29.9. The number of carbonyl (C=O) groups is 1. The van der Waals surface area contributed by atoms with E-state index >= 15 is 0 Å². The van der Waals surface area contributed by atoms with Crippen LogP contribution in [0.25, 0.3) is 0 Å². The van der Waals surface area contributed by atoms with Crippen molar-refractivity contribution in [3.05, 3.63) is 29.8 Å². The van der Waals surface area contributed by atoms with E-state index in [4.69, 9.17) is 9.66 Å². The topological polar surface area (TPSA) is 91.7 Å². The van der Waals surface area contributed by atoms with Crippen LogP contribution in [-0.2, 0) is 14.9 Å². The van der Waals surface area contributed by atoms with E-state index in [0.717, 1.165) is 12.8 Å². The summed E-state index contributed by atoms with van der Waals surface area (Å²) in [6, 6.07) is 6.27. The largest absolute Gasteiger partial charge is 0.481 e. The van der Waals surface area contributed by atoms with Crippen molar-refractivity contribution in [3.63, 3.8) is 0 Å². The second-order valence-electron chi connectivity index (χ2n) is 5.86. The fraction of sp³-hybridized carbons (Fsp3) is 0.611. The molecule has 0 spiro atoms. The normalized spacial score (nSPS) is 10.8. The average Bonchev–Trinajstić information content (AvgIpc) is 2.49. The SMILES string of the molecule is CCCCCCCCCCC(=O)O.Cc1ccccc1S(=O)(=O)O. The maximum absolute atomic E-state index is 10.6. The van der Waals surface area contributed by atoms with Gasteiger partial charge in [-0.25, -0.2) is 0 Å². The Kier molecular flexibility index (Phi) is 12.2. The van der Waals surface area contributed by atoms with Gasteiger partial charge in [0.05, 0.1) is 4.90 Å². The van der Waals surface area contributed by atoms with Gasteiger partial charge in [0.2, 0.25) is 0 Å². The molecule has 0 saturated heterocycles. The lowest BCUT2D eigenvalue weighted by atomic mass is 10.1. The number of benzene rings is 1. The van der Waals surface area contributed by atoms with Gasteiger partial charge in [-0.3, -0.25) is 9.35 Å². The first-order valence-corrected chi connectivity index (χ1v) is 9.98. The molecule has 0 aliphatic carbocycles. The smallest absolute Gasteiger partial charge is 0.303 e. The van der Waals surface area contributed by atoms with Crippen LogP contribution in [0.2, 0.25) is 0 Å². The van der Waals surface area contributed by atoms with E-state index in [9.17, 15) is 13.2 Å². The summed E-state index contributed by atoms with van der Waals surface area (Å²) in [6.07, 6.45) is 10.1. The Morgan fingerprint density at radius 1 is 0.958 bits per heavy atom. The summed E-state index contributed by atoms with van der Waals surface area (Å²) in [5.41, 5.74) is 0.551. The molecular weight excluding hydrogens is 328 g/mol. The lowest BCUT2D eigenvalue weighted by Gasteiger charge is -1.99. The highest BCUT2D eigenvalue weighted by atomic mass is 32.2. The van der Waals surface area contributed by atoms with E-state index in [1.165, 1.54) is 44.6 Å². The number of aryl methyl sites for hydroxylation is 1. The Morgan fingerprint density at radius 3 is 1.88 bits per heavy atom. The molecule has 0 heterocycles. The minimum atomic E-state index is -4.03. The molecule has 1 aromatic rings. The van der Waals surface area contributed by atoms with E-state index in [1.807, 2.05) is 0 Å². The van der Waals surface area contributed by atoms with Crippen molar-refractivity contribution in [1.82, 2.24) is 0 Å². The van der Waals surface area contributed by atoms with Gasteiger partial charge in [-0.15, -0.1) is 0 Å². The second-order valence-corrected chi connectivity index (χ2v) is 7.25. The van der Waals surface area contributed by atoms with Crippen molar-refractivity contribution in [2.75, 3.05) is 0 Å². The molecule has 0 aliphatic heterocycles. The molecule has 1 aromatic carbocycles. The van der Waals surface area contributed by atoms with Crippen molar-refractivity contribution < 1.29 is 22.9 Å². The Hall–Kier alpha value is -1.40. The number of unbranched alkanes of at least 4 members (excludes halogenated alkanes) is 7. The van der Waals surface area contributed by atoms with E-state index in [1.54, 1.807) is 25.1 Å². The molecule has 0 radical (unpaired) electrons. The van der Waals surface area contributed by atoms with E-state index in [2.05, 4.69) is 6.92 Å². The number of aliphatic carboxylic acids is 1. The van der Waals surface area contributed by atoms with Crippen LogP contribution in [0.1, 0.15) is 70.3 Å². The van der Waals surface area contributed by atoms with E-state index < -0.39 is 16.1 Å². The number of hydrogen-bond donors (Lipinski definition) is 2. The van der Waals surface area contributed by atoms with Crippen molar-refractivity contribution >= 4 is 16.1 Å². The van der Waals surface area contributed by atoms with Crippen LogP contribution in [0.4, 0.5) is 0 Å². The van der Waals surface area contributed by atoms with Crippen molar-refractivity contribution in [2.45, 2.75) is 76.5 Å². The third kappa shape index (κ3) is 12.1. The summed E-state index contributed by atoms with van der Waals surface area (Å²) in [5, 5.41) is 8.39. The maximum Gasteiger partial charge on any atom is 0.303 e. The van der Waals surface area contributed by atoms with Crippen LogP contribution in [0.3, 0.4) is 0 Å². The summed E-state index contributed by atoms with van der Waals surface area (Å²) in [6.45, 7) is 3.84. The quantitative estimate of drug-likeness (QED) is 0.461. The highest BCUT2D eigenvalue weighted by molar-refractivity contribution is 7.85. The summed E-state index contributed by atoms with van der Waals surface area (Å²) in [4.78, 5) is 10.1. The first kappa shape index (κ1) is 22.6. The molecule has 138 valence electrons. The van der Waals surface area contributed by atoms with Crippen molar-refractivity contribution in [2.24, 2.45) is 0 Å². The Balaban J connectivity index is 0.000000446. The molecule has 0 unspecified atom stereocenters. The third-order valence-electron chi connectivity index (χ3n) is 3.62. The van der Waals surface area contributed by atoms with Crippen molar-refractivity contribution in [3.8, 4) is 0 Å². The van der Waals surface area contributed by atoms with Gasteiger partial charge in [0.15, 0.2) is 0 Å². The van der Waals surface area contributed by atoms with Crippen molar-refractivity contribution in [1.29, 1.82) is 0 Å². The number of hydrogen-bond acceptors (Lipinski definition) is 3. The molecule has 1 rings (SSSR count). The Morgan fingerprint density at radius 2 is 1.46 bits per heavy atom. The minimum absolute atomic E-state index is 0.0278. The van der Waals surface area contributed by atoms with Crippen LogP contribution in [0, 0.1) is 6.92 Å². The molecule has 0 saturated carbocycles. The first-order chi connectivity index (χ1) is 11.3. The number of carboxylic acids is 1. The van der Waals surface area contributed by atoms with Crippen LogP contribution in [-0.4, -0.2) is 24.0 Å². The zero-order valence-corrected chi connectivity index (χ0v) is 15.5. The first-order valence-electron chi connectivity index (χ1n) is 8.54. The third-order valence-corrected chi connectivity index (χ3v) is 4.63. The monoisotopic (exact) mass is 358 g/mol. The molecule has 0 aromatic heterocycles. The summed E-state index contributed by atoms with van der Waals surface area (Å²) >= 11 is 0. The van der Waals surface area contributed by atoms with Gasteiger partial charge in [0.1, 0.15) is 0 Å². The van der Waals surface area contributed by atoms with Crippen LogP contribution in [0.5, 0.6) is 0 Å². The van der Waals surface area contributed by atoms with Gasteiger partial charge in [-0.2, -0.15) is 8.42 Å². The number of rotatable bonds is 10. The lowest BCUT2D eigenvalue weighted by Crippen LogP contribution is -1.99. The highest BCUT2D eigenvalue weighted by Crippen LogP contribution is 2.12. The van der Waals surface area contributed by atoms with E-state index in [0.29, 0.717) is 12.0 Å². The highest BCUT2D eigenvalue weighted by Gasteiger charge is 2.10. The lowest BCUT2D eigenvalue weighted by molar-refractivity contribution is -0.137. The minimum Gasteiger partial charge on any atom is -0.481 e. The van der Waals surface area contributed by atoms with E-state index in [-0.39, 0.29) is 4.90 Å². The van der Waals surface area contributed by atoms with Gasteiger partial charge < -0.3 is 5.11 Å². The molecule has 0 aliphatic rings. The van der Waals surface area contributed by atoms with Gasteiger partial charge in [-0.1, -0.05) is 70.1 Å². The second kappa shape index (κ2) is 13.0. The van der Waals surface area contributed by atoms with Gasteiger partial charge in [0, 0.05) is 6.42 Å². The molecule has 6 heteroatoms. The molecule has 0 atom stereocenters. The zero-order valence-electron chi connectivity index (χ0n) is 14.7. The van der Waals surface area contributed by atoms with Gasteiger partial charge in [-0.05, 0) is 25.0 Å². The molecular formula is C18H30O5S. The van der Waals surface area contributed by atoms with Gasteiger partial charge >= 0.3 is 5.97 Å². The fourth-order valence-corrected chi connectivity index (χ4v) is 2.98. The molecule has 0 fully saturated rings. The maximum atomic E-state index is 10.6. The zero-order chi connectivity index (χ0) is 18.4. The Labute approximate surface area is 145 Å². The Bertz CT molecular complexity index is 567. The molecule has 2 N–H and O–H groups in total. The predicted molar refractivity (Wildman–Crippen MR) is 95.9 cm³/mol. The summed E-state index contributed by atoms with van der Waals surface area (Å²) in [7, 11) is -4.03. The molecule has 24 heavy (non-hydrogen) atoms. The standard InChI is InChI=1S/C11H22O2.C7H8O3S/c1-2-3-4-5-6-7-8-9-10-11(12)13;1-6-4-2-3-5-7(6)11(8,9)10/h2-10H2,1H3,(H,12,13);2-5H,1H3,(H,8,9,10). The predicted octanol–water partition coefficient (Wildman–Crippen LogP) is 4.84. The van der Waals surface area contributed by atoms with Crippen LogP contribution >= 0.6 is 0 Å². The average molecular weight is 359 g/mol. The summed E-state index contributed by atoms with van der Waals surface area (Å²) in [5.74, 6) is -0.661. The number of carboxylic acid groups (broad SMARTS) is 1. The molecule has 0 amide bonds.